The summed E-state index contributed by atoms with van der Waals surface area (Å²) in [6, 6.07) is 65.1. The van der Waals surface area contributed by atoms with Gasteiger partial charge in [0.05, 0.1) is 17.1 Å². The summed E-state index contributed by atoms with van der Waals surface area (Å²) in [6.45, 7) is 4.77. The smallest absolute Gasteiger partial charge is 0.0547 e. The fraction of sp³-hybridized carbons (Fsp3) is 0.0612. The van der Waals surface area contributed by atoms with Crippen molar-refractivity contribution in [2.24, 2.45) is 0 Å². The van der Waals surface area contributed by atoms with Crippen molar-refractivity contribution < 1.29 is 0 Å². The van der Waals surface area contributed by atoms with Gasteiger partial charge in [0.2, 0.25) is 0 Å². The molecule has 9 aromatic rings. The Morgan fingerprint density at radius 2 is 0.860 bits per heavy atom. The highest BCUT2D eigenvalue weighted by Crippen LogP contribution is 2.57. The Hall–Kier alpha value is -6.18. The molecule has 1 heteroatoms. The number of fused-ring (bicyclic) bond motifs is 7. The molecule has 0 saturated heterocycles. The van der Waals surface area contributed by atoms with Crippen molar-refractivity contribution in [3.05, 3.63) is 187 Å². The van der Waals surface area contributed by atoms with Crippen LogP contribution in [0.15, 0.2) is 176 Å². The van der Waals surface area contributed by atoms with Gasteiger partial charge < -0.3 is 4.90 Å². The van der Waals surface area contributed by atoms with E-state index in [4.69, 9.17) is 0 Å². The Morgan fingerprint density at radius 3 is 1.62 bits per heavy atom. The topological polar surface area (TPSA) is 3.24 Å². The van der Waals surface area contributed by atoms with E-state index >= 15 is 0 Å². The Balaban J connectivity index is 1.36. The standard InChI is InChI=1S/C49H35N/c1-49(2)42-25-13-27-45(48(42)41-30-35-17-3-4-18-36(35)31-43(41)49)50(44-26-12-20-33-15-6-9-22-38(33)44)46-29-28-34-16-7-10-23-39(34)47(46)40-24-11-19-32-14-5-8-21-37(32)40/h3-31H,1-2H3. The molecular formula is C49H35N. The molecule has 1 nitrogen and oxygen atoms in total. The lowest BCUT2D eigenvalue weighted by Crippen LogP contribution is -2.16. The van der Waals surface area contributed by atoms with E-state index in [9.17, 15) is 0 Å². The van der Waals surface area contributed by atoms with Crippen LogP contribution in [-0.4, -0.2) is 0 Å². The number of hydrogen-bond donors (Lipinski definition) is 0. The zero-order chi connectivity index (χ0) is 33.4. The van der Waals surface area contributed by atoms with Crippen LogP contribution in [0.25, 0.3) is 65.3 Å². The van der Waals surface area contributed by atoms with Crippen LogP contribution in [0.1, 0.15) is 25.0 Å². The van der Waals surface area contributed by atoms with Crippen molar-refractivity contribution in [3.63, 3.8) is 0 Å². The summed E-state index contributed by atoms with van der Waals surface area (Å²) in [5.74, 6) is 0. The van der Waals surface area contributed by atoms with Gasteiger partial charge in [-0.15, -0.1) is 0 Å². The molecule has 0 bridgehead atoms. The van der Waals surface area contributed by atoms with Crippen molar-refractivity contribution in [3.8, 4) is 22.3 Å². The van der Waals surface area contributed by atoms with E-state index in [1.165, 1.54) is 87.8 Å². The maximum atomic E-state index is 2.56. The molecule has 0 N–H and O–H groups in total. The molecule has 0 amide bonds. The zero-order valence-electron chi connectivity index (χ0n) is 28.2. The summed E-state index contributed by atoms with van der Waals surface area (Å²) in [5, 5.41) is 9.96. The first-order valence-electron chi connectivity index (χ1n) is 17.5. The number of rotatable bonds is 4. The second-order valence-electron chi connectivity index (χ2n) is 14.1. The Bertz CT molecular complexity index is 2790. The molecule has 0 aliphatic heterocycles. The van der Waals surface area contributed by atoms with E-state index in [0.717, 1.165) is 5.69 Å². The van der Waals surface area contributed by atoms with Gasteiger partial charge in [0, 0.05) is 21.9 Å². The van der Waals surface area contributed by atoms with Crippen LogP contribution in [0.2, 0.25) is 0 Å². The lowest BCUT2D eigenvalue weighted by molar-refractivity contribution is 0.661. The summed E-state index contributed by atoms with van der Waals surface area (Å²) in [5.41, 5.74) is 11.2. The number of nitrogens with zero attached hydrogens (tertiary/aromatic N) is 1. The Morgan fingerprint density at radius 1 is 0.340 bits per heavy atom. The first kappa shape index (κ1) is 28.8. The monoisotopic (exact) mass is 637 g/mol. The molecule has 0 radical (unpaired) electrons. The molecule has 1 aliphatic rings. The largest absolute Gasteiger partial charge is 0.309 e. The predicted molar refractivity (Wildman–Crippen MR) is 214 cm³/mol. The molecule has 1 aliphatic carbocycles. The SMILES string of the molecule is CC1(C)c2cc3ccccc3cc2-c2c(N(c3ccc4ccccc4c3-c3cccc4ccccc34)c3cccc4ccccc34)cccc21. The van der Waals surface area contributed by atoms with Gasteiger partial charge in [-0.25, -0.2) is 0 Å². The van der Waals surface area contributed by atoms with Gasteiger partial charge in [-0.05, 0) is 90.3 Å². The van der Waals surface area contributed by atoms with E-state index in [2.05, 4.69) is 195 Å². The summed E-state index contributed by atoms with van der Waals surface area (Å²) in [4.78, 5) is 2.56. The molecule has 9 aromatic carbocycles. The van der Waals surface area contributed by atoms with Crippen molar-refractivity contribution in [1.29, 1.82) is 0 Å². The lowest BCUT2D eigenvalue weighted by Gasteiger charge is -2.32. The van der Waals surface area contributed by atoms with Gasteiger partial charge >= 0.3 is 0 Å². The zero-order valence-corrected chi connectivity index (χ0v) is 28.2. The molecule has 0 saturated carbocycles. The van der Waals surface area contributed by atoms with Gasteiger partial charge in [0.15, 0.2) is 0 Å². The van der Waals surface area contributed by atoms with E-state index in [1.807, 2.05) is 0 Å². The number of anilines is 3. The molecule has 50 heavy (non-hydrogen) atoms. The first-order chi connectivity index (χ1) is 24.6. The van der Waals surface area contributed by atoms with Gasteiger partial charge in [0.1, 0.15) is 0 Å². The van der Waals surface area contributed by atoms with Crippen LogP contribution in [0.4, 0.5) is 17.1 Å². The highest BCUT2D eigenvalue weighted by Gasteiger charge is 2.38. The predicted octanol–water partition coefficient (Wildman–Crippen LogP) is 13.7. The maximum Gasteiger partial charge on any atom is 0.0547 e. The molecule has 10 rings (SSSR count). The third kappa shape index (κ3) is 4.20. The summed E-state index contributed by atoms with van der Waals surface area (Å²) >= 11 is 0. The quantitative estimate of drug-likeness (QED) is 0.186. The summed E-state index contributed by atoms with van der Waals surface area (Å²) in [7, 11) is 0. The normalized spacial score (nSPS) is 13.2. The third-order valence-corrected chi connectivity index (χ3v) is 11.0. The number of benzene rings is 9. The molecular weight excluding hydrogens is 603 g/mol. The minimum Gasteiger partial charge on any atom is -0.309 e. The average Bonchev–Trinajstić information content (AvgIpc) is 3.39. The first-order valence-corrected chi connectivity index (χ1v) is 17.5. The van der Waals surface area contributed by atoms with Gasteiger partial charge in [-0.3, -0.25) is 0 Å². The molecule has 0 spiro atoms. The fourth-order valence-electron chi connectivity index (χ4n) is 8.61. The maximum absolute atomic E-state index is 2.56. The van der Waals surface area contributed by atoms with Crippen LogP contribution in [0.5, 0.6) is 0 Å². The summed E-state index contributed by atoms with van der Waals surface area (Å²) < 4.78 is 0. The molecule has 0 fully saturated rings. The highest BCUT2D eigenvalue weighted by atomic mass is 15.1. The van der Waals surface area contributed by atoms with E-state index < -0.39 is 0 Å². The Kier molecular flexibility index (Phi) is 6.29. The minimum atomic E-state index is -0.156. The lowest BCUT2D eigenvalue weighted by atomic mass is 9.82. The van der Waals surface area contributed by atoms with Crippen molar-refractivity contribution >= 4 is 60.2 Å². The van der Waals surface area contributed by atoms with Gasteiger partial charge in [0.25, 0.3) is 0 Å². The minimum absolute atomic E-state index is 0.156. The second kappa shape index (κ2) is 10.9. The average molecular weight is 638 g/mol. The van der Waals surface area contributed by atoms with Crippen LogP contribution >= 0.6 is 0 Å². The molecule has 0 atom stereocenters. The third-order valence-electron chi connectivity index (χ3n) is 11.0. The van der Waals surface area contributed by atoms with Crippen LogP contribution < -0.4 is 4.90 Å². The highest BCUT2D eigenvalue weighted by molar-refractivity contribution is 6.14. The van der Waals surface area contributed by atoms with Crippen LogP contribution in [0.3, 0.4) is 0 Å². The van der Waals surface area contributed by atoms with Crippen molar-refractivity contribution in [1.82, 2.24) is 0 Å². The van der Waals surface area contributed by atoms with Gasteiger partial charge in [-0.2, -0.15) is 0 Å². The molecule has 0 aromatic heterocycles. The van der Waals surface area contributed by atoms with E-state index in [-0.39, 0.29) is 5.41 Å². The van der Waals surface area contributed by atoms with Crippen molar-refractivity contribution in [2.75, 3.05) is 4.90 Å². The summed E-state index contributed by atoms with van der Waals surface area (Å²) in [6.07, 6.45) is 0. The number of hydrogen-bond acceptors (Lipinski definition) is 1. The second-order valence-corrected chi connectivity index (χ2v) is 14.1. The van der Waals surface area contributed by atoms with Crippen LogP contribution in [-0.2, 0) is 5.41 Å². The fourth-order valence-corrected chi connectivity index (χ4v) is 8.61. The van der Waals surface area contributed by atoms with Gasteiger partial charge in [-0.1, -0.05) is 159 Å². The Labute approximate surface area is 292 Å². The molecule has 0 unspecified atom stereocenters. The molecule has 236 valence electrons. The van der Waals surface area contributed by atoms with E-state index in [0.29, 0.717) is 0 Å². The molecule has 0 heterocycles. The van der Waals surface area contributed by atoms with Crippen LogP contribution in [0, 0.1) is 0 Å². The van der Waals surface area contributed by atoms with Crippen molar-refractivity contribution in [2.45, 2.75) is 19.3 Å². The van der Waals surface area contributed by atoms with E-state index in [1.54, 1.807) is 0 Å².